The Morgan fingerprint density at radius 2 is 2.40 bits per heavy atom. The van der Waals surface area contributed by atoms with E-state index in [1.807, 2.05) is 23.5 Å². The molecule has 1 heterocycles. The van der Waals surface area contributed by atoms with Crippen molar-refractivity contribution in [1.82, 2.24) is 10.6 Å². The van der Waals surface area contributed by atoms with Crippen LogP contribution >= 0.6 is 23.5 Å². The fourth-order valence-corrected chi connectivity index (χ4v) is 3.80. The molecule has 1 fully saturated rings. The van der Waals surface area contributed by atoms with Crippen molar-refractivity contribution in [3.05, 3.63) is 0 Å². The van der Waals surface area contributed by atoms with Crippen molar-refractivity contribution in [2.24, 2.45) is 0 Å². The van der Waals surface area contributed by atoms with Gasteiger partial charge in [-0.1, -0.05) is 5.92 Å². The van der Waals surface area contributed by atoms with E-state index >= 15 is 0 Å². The molecular weight excluding hydrogens is 228 g/mol. The topological polar surface area (TPSA) is 41.1 Å². The monoisotopic (exact) mass is 244 g/mol. The second-order valence-corrected chi connectivity index (χ2v) is 5.74. The van der Waals surface area contributed by atoms with E-state index in [1.54, 1.807) is 0 Å². The fraction of sp³-hybridized carbons (Fsp3) is 0.700. The molecule has 5 heteroatoms. The fourth-order valence-electron chi connectivity index (χ4n) is 1.19. The molecule has 1 aliphatic heterocycles. The van der Waals surface area contributed by atoms with E-state index in [2.05, 4.69) is 16.6 Å². The lowest BCUT2D eigenvalue weighted by Crippen LogP contribution is -2.38. The molecule has 3 nitrogen and oxygen atoms in total. The Bertz CT molecular complexity index is 234. The van der Waals surface area contributed by atoms with Gasteiger partial charge in [0.1, 0.15) is 0 Å². The summed E-state index contributed by atoms with van der Waals surface area (Å²) in [6.07, 6.45) is 5.06. The lowest BCUT2D eigenvalue weighted by atomic mass is 10.4. The van der Waals surface area contributed by atoms with Gasteiger partial charge in [0.2, 0.25) is 5.91 Å². The molecular formula is C10H16N2OS2. The van der Waals surface area contributed by atoms with Crippen LogP contribution in [-0.4, -0.2) is 48.0 Å². The first kappa shape index (κ1) is 12.8. The van der Waals surface area contributed by atoms with Crippen molar-refractivity contribution >= 4 is 29.4 Å². The molecule has 2 N–H and O–H groups in total. The van der Waals surface area contributed by atoms with Crippen LogP contribution < -0.4 is 10.6 Å². The van der Waals surface area contributed by atoms with Crippen LogP contribution in [0.2, 0.25) is 0 Å². The molecule has 0 radical (unpaired) electrons. The van der Waals surface area contributed by atoms with Crippen LogP contribution in [0.3, 0.4) is 0 Å². The van der Waals surface area contributed by atoms with E-state index in [0.717, 1.165) is 12.3 Å². The maximum absolute atomic E-state index is 11.3. The predicted molar refractivity (Wildman–Crippen MR) is 68.3 cm³/mol. The van der Waals surface area contributed by atoms with Gasteiger partial charge in [-0.2, -0.15) is 23.5 Å². The van der Waals surface area contributed by atoms with Gasteiger partial charge in [-0.25, -0.2) is 0 Å². The zero-order valence-electron chi connectivity index (χ0n) is 8.62. The number of amides is 1. The molecule has 15 heavy (non-hydrogen) atoms. The summed E-state index contributed by atoms with van der Waals surface area (Å²) in [6.45, 7) is 1.53. The Hall–Kier alpha value is -0.310. The molecule has 1 aliphatic rings. The molecule has 0 spiro atoms. The summed E-state index contributed by atoms with van der Waals surface area (Å²) in [5, 5.41) is 6.34. The molecule has 1 saturated heterocycles. The molecule has 0 aromatic carbocycles. The van der Waals surface area contributed by atoms with Gasteiger partial charge in [-0.05, 0) is 0 Å². The summed E-state index contributed by atoms with van der Waals surface area (Å²) in [7, 11) is 0. The van der Waals surface area contributed by atoms with E-state index in [0.29, 0.717) is 18.3 Å². The average molecular weight is 244 g/mol. The van der Waals surface area contributed by atoms with Crippen LogP contribution in [0.15, 0.2) is 0 Å². The zero-order valence-corrected chi connectivity index (χ0v) is 10.3. The SMILES string of the molecule is C#CCNCC(=O)NCC1CSCCS1. The van der Waals surface area contributed by atoms with Crippen molar-refractivity contribution in [2.45, 2.75) is 5.25 Å². The largest absolute Gasteiger partial charge is 0.354 e. The Morgan fingerprint density at radius 1 is 1.53 bits per heavy atom. The second-order valence-electron chi connectivity index (χ2n) is 3.18. The van der Waals surface area contributed by atoms with E-state index in [4.69, 9.17) is 6.42 Å². The van der Waals surface area contributed by atoms with Crippen molar-refractivity contribution in [2.75, 3.05) is 36.9 Å². The van der Waals surface area contributed by atoms with Crippen LogP contribution in [0.5, 0.6) is 0 Å². The number of hydrogen-bond donors (Lipinski definition) is 2. The lowest BCUT2D eigenvalue weighted by Gasteiger charge is -2.21. The smallest absolute Gasteiger partial charge is 0.234 e. The first-order valence-electron chi connectivity index (χ1n) is 4.93. The Kier molecular flexibility index (Phi) is 6.73. The molecule has 0 aliphatic carbocycles. The number of terminal acetylenes is 1. The third-order valence-electron chi connectivity index (χ3n) is 1.92. The minimum Gasteiger partial charge on any atom is -0.354 e. The zero-order chi connectivity index (χ0) is 10.9. The van der Waals surface area contributed by atoms with Crippen molar-refractivity contribution in [3.63, 3.8) is 0 Å². The Morgan fingerprint density at radius 3 is 3.07 bits per heavy atom. The average Bonchev–Trinajstić information content (AvgIpc) is 2.28. The summed E-state index contributed by atoms with van der Waals surface area (Å²) < 4.78 is 0. The van der Waals surface area contributed by atoms with E-state index in [9.17, 15) is 4.79 Å². The molecule has 0 saturated carbocycles. The third kappa shape index (κ3) is 5.98. The highest BCUT2D eigenvalue weighted by molar-refractivity contribution is 8.06. The van der Waals surface area contributed by atoms with E-state index in [-0.39, 0.29) is 5.91 Å². The molecule has 1 amide bonds. The summed E-state index contributed by atoms with van der Waals surface area (Å²) in [5.41, 5.74) is 0. The van der Waals surface area contributed by atoms with Crippen molar-refractivity contribution in [1.29, 1.82) is 0 Å². The standard InChI is InChI=1S/C10H16N2OS2/c1-2-3-11-7-10(13)12-6-9-8-14-4-5-15-9/h1,9,11H,3-8H2,(H,12,13). The summed E-state index contributed by atoms with van der Waals surface area (Å²) in [4.78, 5) is 11.3. The third-order valence-corrected chi connectivity index (χ3v) is 4.77. The Balaban J connectivity index is 2.03. The van der Waals surface area contributed by atoms with Gasteiger partial charge in [0.05, 0.1) is 13.1 Å². The van der Waals surface area contributed by atoms with Gasteiger partial charge in [0.15, 0.2) is 0 Å². The summed E-state index contributed by atoms with van der Waals surface area (Å²) in [5.74, 6) is 6.03. The van der Waals surface area contributed by atoms with Crippen LogP contribution in [0.1, 0.15) is 0 Å². The van der Waals surface area contributed by atoms with E-state index < -0.39 is 0 Å². The molecule has 0 bridgehead atoms. The number of rotatable bonds is 5. The summed E-state index contributed by atoms with van der Waals surface area (Å²) >= 11 is 3.91. The highest BCUT2D eigenvalue weighted by Gasteiger charge is 2.14. The first-order chi connectivity index (χ1) is 7.33. The summed E-state index contributed by atoms with van der Waals surface area (Å²) in [6, 6.07) is 0. The van der Waals surface area contributed by atoms with Gasteiger partial charge in [-0.3, -0.25) is 10.1 Å². The van der Waals surface area contributed by atoms with Crippen LogP contribution in [0.25, 0.3) is 0 Å². The lowest BCUT2D eigenvalue weighted by molar-refractivity contribution is -0.120. The maximum Gasteiger partial charge on any atom is 0.234 e. The van der Waals surface area contributed by atoms with Crippen LogP contribution in [-0.2, 0) is 4.79 Å². The van der Waals surface area contributed by atoms with Crippen molar-refractivity contribution < 1.29 is 4.79 Å². The molecule has 1 atom stereocenters. The van der Waals surface area contributed by atoms with Gasteiger partial charge >= 0.3 is 0 Å². The van der Waals surface area contributed by atoms with Gasteiger partial charge in [-0.15, -0.1) is 6.42 Å². The minimum atomic E-state index is 0.0291. The quantitative estimate of drug-likeness (QED) is 0.534. The minimum absolute atomic E-state index is 0.0291. The number of carbonyl (C=O) groups excluding carboxylic acids is 1. The van der Waals surface area contributed by atoms with Crippen molar-refractivity contribution in [3.8, 4) is 12.3 Å². The van der Waals surface area contributed by atoms with E-state index in [1.165, 1.54) is 11.5 Å². The van der Waals surface area contributed by atoms with Gasteiger partial charge < -0.3 is 5.32 Å². The normalized spacial score (nSPS) is 20.6. The Labute approximate surface area is 99.5 Å². The first-order valence-corrected chi connectivity index (χ1v) is 7.13. The maximum atomic E-state index is 11.3. The number of thioether (sulfide) groups is 2. The second kappa shape index (κ2) is 7.91. The molecule has 0 aromatic rings. The molecule has 1 rings (SSSR count). The van der Waals surface area contributed by atoms with Gasteiger partial charge in [0.25, 0.3) is 0 Å². The predicted octanol–water partition coefficient (Wildman–Crippen LogP) is 0.174. The highest BCUT2D eigenvalue weighted by atomic mass is 32.2. The molecule has 0 aromatic heterocycles. The van der Waals surface area contributed by atoms with Crippen LogP contribution in [0, 0.1) is 12.3 Å². The van der Waals surface area contributed by atoms with Crippen LogP contribution in [0.4, 0.5) is 0 Å². The highest BCUT2D eigenvalue weighted by Crippen LogP contribution is 2.23. The number of carbonyl (C=O) groups is 1. The van der Waals surface area contributed by atoms with Gasteiger partial charge in [0, 0.05) is 29.1 Å². The molecule has 1 unspecified atom stereocenters. The molecule has 84 valence electrons. The number of hydrogen-bond acceptors (Lipinski definition) is 4. The number of nitrogens with one attached hydrogen (secondary N) is 2.